The van der Waals surface area contributed by atoms with Gasteiger partial charge in [-0.2, -0.15) is 0 Å². The van der Waals surface area contributed by atoms with Crippen LogP contribution in [0, 0.1) is 11.8 Å². The molecule has 0 spiro atoms. The number of rotatable bonds is 2. The molecule has 0 radical (unpaired) electrons. The predicted octanol–water partition coefficient (Wildman–Crippen LogP) is 4.18. The molecule has 1 N–H and O–H groups in total. The fourth-order valence-electron chi connectivity index (χ4n) is 3.02. The lowest BCUT2D eigenvalue weighted by molar-refractivity contribution is 0.0911. The minimum Gasteiger partial charge on any atom is -0.349 e. The van der Waals surface area contributed by atoms with Crippen molar-refractivity contribution in [3.05, 3.63) is 28.8 Å². The molecule has 4 heteroatoms. The van der Waals surface area contributed by atoms with Crippen LogP contribution in [0.1, 0.15) is 43.5 Å². The number of halogens is 1. The average Bonchev–Trinajstić information content (AvgIpc) is 2.30. The second-order valence-corrected chi connectivity index (χ2v) is 6.68. The molecule has 2 atom stereocenters. The van der Waals surface area contributed by atoms with Crippen LogP contribution in [0.15, 0.2) is 23.1 Å². The topological polar surface area (TPSA) is 29.1 Å². The van der Waals surface area contributed by atoms with Crippen molar-refractivity contribution in [3.63, 3.8) is 0 Å². The SMILES string of the molecule is CC1CC(C)CC(NC(=O)c2cc(S)ccc2Cl)C1. The van der Waals surface area contributed by atoms with E-state index in [4.69, 9.17) is 11.6 Å². The fraction of sp³-hybridized carbons (Fsp3) is 0.533. The van der Waals surface area contributed by atoms with Crippen molar-refractivity contribution in [2.24, 2.45) is 11.8 Å². The van der Waals surface area contributed by atoms with Gasteiger partial charge in [0.15, 0.2) is 0 Å². The molecule has 0 bridgehead atoms. The Kier molecular flexibility index (Phi) is 4.80. The van der Waals surface area contributed by atoms with Crippen molar-refractivity contribution >= 4 is 30.1 Å². The zero-order valence-corrected chi connectivity index (χ0v) is 13.0. The largest absolute Gasteiger partial charge is 0.349 e. The lowest BCUT2D eigenvalue weighted by Gasteiger charge is -2.32. The van der Waals surface area contributed by atoms with E-state index in [0.29, 0.717) is 22.4 Å². The van der Waals surface area contributed by atoms with Gasteiger partial charge in [-0.1, -0.05) is 25.4 Å². The minimum atomic E-state index is -0.0906. The molecule has 2 nitrogen and oxygen atoms in total. The molecule has 1 aliphatic carbocycles. The quantitative estimate of drug-likeness (QED) is 0.788. The van der Waals surface area contributed by atoms with E-state index in [1.165, 1.54) is 6.42 Å². The Morgan fingerprint density at radius 1 is 1.26 bits per heavy atom. The van der Waals surface area contributed by atoms with Gasteiger partial charge in [-0.05, 0) is 49.3 Å². The monoisotopic (exact) mass is 297 g/mol. The first-order chi connectivity index (χ1) is 8.95. The van der Waals surface area contributed by atoms with Gasteiger partial charge in [0.2, 0.25) is 0 Å². The zero-order valence-electron chi connectivity index (χ0n) is 11.3. The van der Waals surface area contributed by atoms with E-state index in [1.54, 1.807) is 18.2 Å². The first-order valence-corrected chi connectivity index (χ1v) is 7.57. The molecule has 1 fully saturated rings. The number of amides is 1. The summed E-state index contributed by atoms with van der Waals surface area (Å²) in [7, 11) is 0. The number of carbonyl (C=O) groups excluding carboxylic acids is 1. The van der Waals surface area contributed by atoms with Crippen LogP contribution >= 0.6 is 24.2 Å². The van der Waals surface area contributed by atoms with Crippen LogP contribution in [-0.4, -0.2) is 11.9 Å². The number of nitrogens with one attached hydrogen (secondary N) is 1. The molecule has 0 aliphatic heterocycles. The summed E-state index contributed by atoms with van der Waals surface area (Å²) in [4.78, 5) is 13.0. The second kappa shape index (κ2) is 6.19. The first kappa shape index (κ1) is 14.7. The van der Waals surface area contributed by atoms with Crippen LogP contribution < -0.4 is 5.32 Å². The molecule has 19 heavy (non-hydrogen) atoms. The van der Waals surface area contributed by atoms with Gasteiger partial charge in [0, 0.05) is 10.9 Å². The van der Waals surface area contributed by atoms with Crippen LogP contribution in [0.2, 0.25) is 5.02 Å². The molecule has 2 unspecified atom stereocenters. The number of thiol groups is 1. The van der Waals surface area contributed by atoms with Gasteiger partial charge in [-0.3, -0.25) is 4.79 Å². The molecule has 1 aromatic carbocycles. The van der Waals surface area contributed by atoms with Gasteiger partial charge in [0.1, 0.15) is 0 Å². The summed E-state index contributed by atoms with van der Waals surface area (Å²) in [5, 5.41) is 3.59. The highest BCUT2D eigenvalue weighted by Gasteiger charge is 2.25. The van der Waals surface area contributed by atoms with Gasteiger partial charge in [0.05, 0.1) is 10.6 Å². The summed E-state index contributed by atoms with van der Waals surface area (Å²) < 4.78 is 0. The summed E-state index contributed by atoms with van der Waals surface area (Å²) in [6.07, 6.45) is 3.35. The third-order valence-corrected chi connectivity index (χ3v) is 4.32. The van der Waals surface area contributed by atoms with E-state index in [0.717, 1.165) is 17.7 Å². The number of hydrogen-bond acceptors (Lipinski definition) is 2. The minimum absolute atomic E-state index is 0.0906. The lowest BCUT2D eigenvalue weighted by atomic mass is 9.80. The lowest BCUT2D eigenvalue weighted by Crippen LogP contribution is -2.40. The highest BCUT2D eigenvalue weighted by Crippen LogP contribution is 2.29. The van der Waals surface area contributed by atoms with Crippen LogP contribution in [0.25, 0.3) is 0 Å². The normalized spacial score (nSPS) is 27.1. The summed E-state index contributed by atoms with van der Waals surface area (Å²) in [6, 6.07) is 5.47. The van der Waals surface area contributed by atoms with Crippen molar-refractivity contribution in [2.45, 2.75) is 44.0 Å². The summed E-state index contributed by atoms with van der Waals surface area (Å²) in [5.41, 5.74) is 0.514. The Hall–Kier alpha value is -0.670. The molecule has 0 heterocycles. The maximum Gasteiger partial charge on any atom is 0.253 e. The van der Waals surface area contributed by atoms with E-state index in [2.05, 4.69) is 31.8 Å². The van der Waals surface area contributed by atoms with E-state index in [9.17, 15) is 4.79 Å². The Labute approximate surface area is 125 Å². The van der Waals surface area contributed by atoms with Crippen LogP contribution in [0.3, 0.4) is 0 Å². The standard InChI is InChI=1S/C15H20ClNOS/c1-9-5-10(2)7-11(6-9)17-15(18)13-8-12(19)3-4-14(13)16/h3-4,8-11,19H,5-7H2,1-2H3,(H,17,18). The molecule has 0 saturated heterocycles. The molecule has 1 aliphatic rings. The average molecular weight is 298 g/mol. The van der Waals surface area contributed by atoms with Crippen molar-refractivity contribution in [3.8, 4) is 0 Å². The molecule has 1 saturated carbocycles. The summed E-state index contributed by atoms with van der Waals surface area (Å²) in [6.45, 7) is 4.49. The van der Waals surface area contributed by atoms with Crippen LogP contribution in [0.5, 0.6) is 0 Å². The Morgan fingerprint density at radius 2 is 1.89 bits per heavy atom. The van der Waals surface area contributed by atoms with E-state index in [-0.39, 0.29) is 11.9 Å². The van der Waals surface area contributed by atoms with E-state index in [1.807, 2.05) is 0 Å². The Morgan fingerprint density at radius 3 is 2.53 bits per heavy atom. The number of benzene rings is 1. The molecule has 104 valence electrons. The van der Waals surface area contributed by atoms with Gasteiger partial charge < -0.3 is 5.32 Å². The van der Waals surface area contributed by atoms with Gasteiger partial charge >= 0.3 is 0 Å². The Bertz CT molecular complexity index is 467. The van der Waals surface area contributed by atoms with Crippen LogP contribution in [-0.2, 0) is 0 Å². The molecule has 1 amide bonds. The van der Waals surface area contributed by atoms with Crippen molar-refractivity contribution in [1.82, 2.24) is 5.32 Å². The van der Waals surface area contributed by atoms with Crippen LogP contribution in [0.4, 0.5) is 0 Å². The number of carbonyl (C=O) groups is 1. The van der Waals surface area contributed by atoms with E-state index >= 15 is 0 Å². The maximum atomic E-state index is 12.3. The van der Waals surface area contributed by atoms with Crippen molar-refractivity contribution in [2.75, 3.05) is 0 Å². The van der Waals surface area contributed by atoms with Crippen molar-refractivity contribution < 1.29 is 4.79 Å². The third kappa shape index (κ3) is 3.90. The fourth-order valence-corrected chi connectivity index (χ4v) is 3.42. The van der Waals surface area contributed by atoms with Gasteiger partial charge in [0.25, 0.3) is 5.91 Å². The first-order valence-electron chi connectivity index (χ1n) is 6.75. The highest BCUT2D eigenvalue weighted by atomic mass is 35.5. The Balaban J connectivity index is 2.06. The van der Waals surface area contributed by atoms with Crippen molar-refractivity contribution in [1.29, 1.82) is 0 Å². The molecular weight excluding hydrogens is 278 g/mol. The predicted molar refractivity (Wildman–Crippen MR) is 82.1 cm³/mol. The highest BCUT2D eigenvalue weighted by molar-refractivity contribution is 7.80. The molecule has 1 aromatic rings. The second-order valence-electron chi connectivity index (χ2n) is 5.75. The third-order valence-electron chi connectivity index (χ3n) is 3.71. The summed E-state index contributed by atoms with van der Waals surface area (Å²) in [5.74, 6) is 1.24. The number of hydrogen-bond donors (Lipinski definition) is 2. The maximum absolute atomic E-state index is 12.3. The molecule has 0 aromatic heterocycles. The smallest absolute Gasteiger partial charge is 0.253 e. The van der Waals surface area contributed by atoms with E-state index < -0.39 is 0 Å². The summed E-state index contributed by atoms with van der Waals surface area (Å²) >= 11 is 10.3. The zero-order chi connectivity index (χ0) is 14.0. The van der Waals surface area contributed by atoms with Gasteiger partial charge in [-0.25, -0.2) is 0 Å². The molecular formula is C15H20ClNOS. The molecule has 2 rings (SSSR count). The van der Waals surface area contributed by atoms with Gasteiger partial charge in [-0.15, -0.1) is 12.6 Å².